The standard InChI is InChI=1S/C15H22O2/c1-10-9-15(3)11(2)5-4-6-12(15)7-8-13(16)14(10)17/h6,9,11,14,17H,4-5,7-8H2,1-3H3/t11-,14-,15+/m0/s1. The lowest BCUT2D eigenvalue weighted by molar-refractivity contribution is -0.125. The van der Waals surface area contributed by atoms with E-state index in [1.54, 1.807) is 0 Å². The van der Waals surface area contributed by atoms with Crippen molar-refractivity contribution in [1.29, 1.82) is 0 Å². The molecule has 0 saturated heterocycles. The van der Waals surface area contributed by atoms with Crippen LogP contribution in [0, 0.1) is 11.3 Å². The van der Waals surface area contributed by atoms with Crippen LogP contribution in [0.3, 0.4) is 0 Å². The number of fused-ring (bicyclic) bond motifs is 1. The van der Waals surface area contributed by atoms with Gasteiger partial charge in [0.2, 0.25) is 0 Å². The molecule has 0 aliphatic heterocycles. The Morgan fingerprint density at radius 3 is 2.82 bits per heavy atom. The number of carbonyl (C=O) groups excluding carboxylic acids is 1. The van der Waals surface area contributed by atoms with Crippen LogP contribution < -0.4 is 0 Å². The van der Waals surface area contributed by atoms with E-state index in [1.807, 2.05) is 6.92 Å². The summed E-state index contributed by atoms with van der Waals surface area (Å²) in [5.74, 6) is 0.540. The monoisotopic (exact) mass is 234 g/mol. The summed E-state index contributed by atoms with van der Waals surface area (Å²) in [7, 11) is 0. The molecule has 0 unspecified atom stereocenters. The summed E-state index contributed by atoms with van der Waals surface area (Å²) < 4.78 is 0. The lowest BCUT2D eigenvalue weighted by Crippen LogP contribution is -2.33. The van der Waals surface area contributed by atoms with Crippen molar-refractivity contribution in [3.05, 3.63) is 23.3 Å². The first-order chi connectivity index (χ1) is 7.95. The highest BCUT2D eigenvalue weighted by Gasteiger charge is 2.37. The molecule has 94 valence electrons. The zero-order valence-electron chi connectivity index (χ0n) is 11.0. The second kappa shape index (κ2) is 4.41. The summed E-state index contributed by atoms with van der Waals surface area (Å²) in [6, 6.07) is 0. The zero-order valence-corrected chi connectivity index (χ0v) is 11.0. The first-order valence-electron chi connectivity index (χ1n) is 6.55. The van der Waals surface area contributed by atoms with Crippen molar-refractivity contribution < 1.29 is 9.90 Å². The van der Waals surface area contributed by atoms with Crippen molar-refractivity contribution in [2.45, 2.75) is 52.6 Å². The van der Waals surface area contributed by atoms with Gasteiger partial charge in [0.05, 0.1) is 0 Å². The van der Waals surface area contributed by atoms with E-state index >= 15 is 0 Å². The van der Waals surface area contributed by atoms with Crippen molar-refractivity contribution in [3.8, 4) is 0 Å². The topological polar surface area (TPSA) is 37.3 Å². The van der Waals surface area contributed by atoms with Gasteiger partial charge in [-0.05, 0) is 37.7 Å². The summed E-state index contributed by atoms with van der Waals surface area (Å²) in [6.45, 7) is 6.39. The van der Waals surface area contributed by atoms with Crippen molar-refractivity contribution in [1.82, 2.24) is 0 Å². The summed E-state index contributed by atoms with van der Waals surface area (Å²) in [5, 5.41) is 9.90. The number of hydrogen-bond acceptors (Lipinski definition) is 2. The molecule has 0 saturated carbocycles. The third kappa shape index (κ3) is 2.11. The van der Waals surface area contributed by atoms with Crippen LogP contribution in [-0.2, 0) is 4.79 Å². The molecule has 2 nitrogen and oxygen atoms in total. The fraction of sp³-hybridized carbons (Fsp3) is 0.667. The van der Waals surface area contributed by atoms with E-state index in [4.69, 9.17) is 0 Å². The Hall–Kier alpha value is -0.890. The van der Waals surface area contributed by atoms with Crippen LogP contribution in [0.1, 0.15) is 46.5 Å². The second-order valence-electron chi connectivity index (χ2n) is 5.75. The van der Waals surface area contributed by atoms with Crippen LogP contribution in [-0.4, -0.2) is 17.0 Å². The van der Waals surface area contributed by atoms with Gasteiger partial charge in [-0.25, -0.2) is 0 Å². The molecule has 2 rings (SSSR count). The highest BCUT2D eigenvalue weighted by Crippen LogP contribution is 2.46. The van der Waals surface area contributed by atoms with E-state index in [0.29, 0.717) is 12.3 Å². The van der Waals surface area contributed by atoms with E-state index in [-0.39, 0.29) is 11.2 Å². The van der Waals surface area contributed by atoms with Gasteiger partial charge in [-0.1, -0.05) is 31.6 Å². The quantitative estimate of drug-likeness (QED) is 0.654. The third-order valence-electron chi connectivity index (χ3n) is 4.61. The number of carbonyl (C=O) groups is 1. The predicted octanol–water partition coefficient (Wildman–Crippen LogP) is 3.02. The molecule has 0 bridgehead atoms. The average Bonchev–Trinajstić information content (AvgIpc) is 2.28. The summed E-state index contributed by atoms with van der Waals surface area (Å²) in [6.07, 6.45) is 7.13. The minimum absolute atomic E-state index is 0.0318. The molecule has 2 heteroatoms. The van der Waals surface area contributed by atoms with Crippen LogP contribution in [0.25, 0.3) is 0 Å². The number of ketones is 1. The summed E-state index contributed by atoms with van der Waals surface area (Å²) in [5.41, 5.74) is 2.23. The van der Waals surface area contributed by atoms with E-state index in [0.717, 1.165) is 18.4 Å². The summed E-state index contributed by atoms with van der Waals surface area (Å²) in [4.78, 5) is 11.7. The maximum atomic E-state index is 11.7. The molecule has 2 aliphatic carbocycles. The molecule has 0 radical (unpaired) electrons. The minimum atomic E-state index is -0.887. The molecule has 0 heterocycles. The van der Waals surface area contributed by atoms with Crippen LogP contribution in [0.5, 0.6) is 0 Å². The normalized spacial score (nSPS) is 38.7. The fourth-order valence-corrected chi connectivity index (χ4v) is 3.15. The fourth-order valence-electron chi connectivity index (χ4n) is 3.15. The van der Waals surface area contributed by atoms with E-state index in [1.165, 1.54) is 12.0 Å². The molecule has 3 atom stereocenters. The van der Waals surface area contributed by atoms with Crippen molar-refractivity contribution in [2.24, 2.45) is 11.3 Å². The van der Waals surface area contributed by atoms with Gasteiger partial charge in [-0.2, -0.15) is 0 Å². The van der Waals surface area contributed by atoms with Gasteiger partial charge in [-0.15, -0.1) is 0 Å². The molecule has 0 amide bonds. The Morgan fingerprint density at radius 2 is 2.12 bits per heavy atom. The highest BCUT2D eigenvalue weighted by atomic mass is 16.3. The SMILES string of the molecule is CC1=C[C@@]2(C)C(=CCC[C@@H]2C)CCC(=O)[C@H]1O. The Morgan fingerprint density at radius 1 is 1.41 bits per heavy atom. The van der Waals surface area contributed by atoms with Gasteiger partial charge in [0.1, 0.15) is 6.10 Å². The van der Waals surface area contributed by atoms with Gasteiger partial charge < -0.3 is 5.11 Å². The first kappa shape index (κ1) is 12.6. The van der Waals surface area contributed by atoms with Crippen LogP contribution in [0.4, 0.5) is 0 Å². The smallest absolute Gasteiger partial charge is 0.165 e. The number of aliphatic hydroxyl groups excluding tert-OH is 1. The second-order valence-corrected chi connectivity index (χ2v) is 5.75. The van der Waals surface area contributed by atoms with Crippen LogP contribution in [0.2, 0.25) is 0 Å². The van der Waals surface area contributed by atoms with Crippen molar-refractivity contribution in [3.63, 3.8) is 0 Å². The zero-order chi connectivity index (χ0) is 12.6. The first-order valence-corrected chi connectivity index (χ1v) is 6.55. The molecule has 1 N–H and O–H groups in total. The van der Waals surface area contributed by atoms with Crippen LogP contribution >= 0.6 is 0 Å². The Bertz CT molecular complexity index is 392. The number of aliphatic hydroxyl groups is 1. The van der Waals surface area contributed by atoms with E-state index < -0.39 is 6.10 Å². The molecule has 0 aromatic carbocycles. The largest absolute Gasteiger partial charge is 0.381 e. The number of Topliss-reactive ketones (excluding diaryl/α,β-unsaturated/α-hetero) is 1. The minimum Gasteiger partial charge on any atom is -0.381 e. The Labute approximate surface area is 103 Å². The number of allylic oxidation sites excluding steroid dienone is 3. The molecule has 0 aromatic rings. The Balaban J connectivity index is 2.46. The molecule has 0 aromatic heterocycles. The van der Waals surface area contributed by atoms with E-state index in [2.05, 4.69) is 26.0 Å². The van der Waals surface area contributed by atoms with Gasteiger partial charge in [-0.3, -0.25) is 4.79 Å². The molecule has 17 heavy (non-hydrogen) atoms. The van der Waals surface area contributed by atoms with E-state index in [9.17, 15) is 9.90 Å². The Kier molecular flexibility index (Phi) is 3.26. The van der Waals surface area contributed by atoms with Crippen molar-refractivity contribution in [2.75, 3.05) is 0 Å². The highest BCUT2D eigenvalue weighted by molar-refractivity contribution is 5.86. The molecular formula is C15H22O2. The maximum absolute atomic E-state index is 11.7. The maximum Gasteiger partial charge on any atom is 0.165 e. The molecule has 2 aliphatic rings. The molecular weight excluding hydrogens is 212 g/mol. The molecule has 0 spiro atoms. The molecule has 0 fully saturated rings. The van der Waals surface area contributed by atoms with Gasteiger partial charge in [0, 0.05) is 11.8 Å². The number of rotatable bonds is 0. The average molecular weight is 234 g/mol. The number of hydrogen-bond donors (Lipinski definition) is 1. The van der Waals surface area contributed by atoms with Crippen LogP contribution in [0.15, 0.2) is 23.3 Å². The van der Waals surface area contributed by atoms with Crippen molar-refractivity contribution >= 4 is 5.78 Å². The van der Waals surface area contributed by atoms with Gasteiger partial charge in [0.15, 0.2) is 5.78 Å². The lowest BCUT2D eigenvalue weighted by Gasteiger charge is -2.41. The third-order valence-corrected chi connectivity index (χ3v) is 4.61. The summed E-state index contributed by atoms with van der Waals surface area (Å²) >= 11 is 0. The predicted molar refractivity (Wildman–Crippen MR) is 68.6 cm³/mol. The van der Waals surface area contributed by atoms with Gasteiger partial charge >= 0.3 is 0 Å². The van der Waals surface area contributed by atoms with Gasteiger partial charge in [0.25, 0.3) is 0 Å². The lowest BCUT2D eigenvalue weighted by atomic mass is 9.64.